The van der Waals surface area contributed by atoms with Crippen LogP contribution in [-0.2, 0) is 29.1 Å². The number of hydrogen-bond acceptors (Lipinski definition) is 4. The molecule has 2 aromatic rings. The fraction of sp³-hybridized carbons (Fsp3) is 0.368. The molecule has 7 nitrogen and oxygen atoms in total. The molecule has 3 heterocycles. The van der Waals surface area contributed by atoms with Crippen LogP contribution in [0, 0.1) is 11.7 Å². The number of amides is 2. The molecule has 1 saturated heterocycles. The van der Waals surface area contributed by atoms with Crippen molar-refractivity contribution in [3.63, 3.8) is 0 Å². The van der Waals surface area contributed by atoms with Gasteiger partial charge >= 0.3 is 0 Å². The van der Waals surface area contributed by atoms with E-state index in [0.717, 1.165) is 17.2 Å². The second kappa shape index (κ2) is 6.94. The number of benzene rings is 1. The highest BCUT2D eigenvalue weighted by Crippen LogP contribution is 2.22. The highest BCUT2D eigenvalue weighted by Gasteiger charge is 2.38. The van der Waals surface area contributed by atoms with E-state index >= 15 is 0 Å². The van der Waals surface area contributed by atoms with Crippen LogP contribution in [0.4, 0.5) is 4.39 Å². The van der Waals surface area contributed by atoms with Gasteiger partial charge in [-0.15, -0.1) is 10.2 Å². The van der Waals surface area contributed by atoms with E-state index in [9.17, 15) is 14.0 Å². The van der Waals surface area contributed by atoms with Crippen molar-refractivity contribution >= 4 is 11.8 Å². The van der Waals surface area contributed by atoms with Gasteiger partial charge in [-0.1, -0.05) is 18.7 Å². The van der Waals surface area contributed by atoms with Crippen LogP contribution in [0.1, 0.15) is 17.2 Å². The van der Waals surface area contributed by atoms with Crippen LogP contribution in [0.2, 0.25) is 0 Å². The summed E-state index contributed by atoms with van der Waals surface area (Å²) in [6.07, 6.45) is 1.77. The van der Waals surface area contributed by atoms with Crippen molar-refractivity contribution in [3.05, 3.63) is 59.9 Å². The lowest BCUT2D eigenvalue weighted by atomic mass is 9.98. The van der Waals surface area contributed by atoms with E-state index in [1.807, 2.05) is 10.6 Å². The fourth-order valence-electron chi connectivity index (χ4n) is 3.57. The third-order valence-corrected chi connectivity index (χ3v) is 5.11. The lowest BCUT2D eigenvalue weighted by Crippen LogP contribution is -2.56. The summed E-state index contributed by atoms with van der Waals surface area (Å²) in [6.45, 7) is 5.94. The maximum Gasteiger partial charge on any atom is 0.246 e. The molecule has 1 aromatic heterocycles. The first kappa shape index (κ1) is 17.4. The maximum atomic E-state index is 13.4. The first-order chi connectivity index (χ1) is 13.0. The van der Waals surface area contributed by atoms with Crippen LogP contribution in [0.5, 0.6) is 0 Å². The van der Waals surface area contributed by atoms with Gasteiger partial charge < -0.3 is 14.4 Å². The van der Waals surface area contributed by atoms with Gasteiger partial charge in [-0.3, -0.25) is 9.59 Å². The number of nitrogens with zero attached hydrogens (tertiary/aromatic N) is 5. The van der Waals surface area contributed by atoms with Gasteiger partial charge in [0.05, 0.1) is 12.5 Å². The molecule has 0 radical (unpaired) electrons. The summed E-state index contributed by atoms with van der Waals surface area (Å²) in [4.78, 5) is 27.5. The monoisotopic (exact) mass is 369 g/mol. The van der Waals surface area contributed by atoms with E-state index in [4.69, 9.17) is 0 Å². The Hall–Kier alpha value is -3.03. The summed E-state index contributed by atoms with van der Waals surface area (Å²) < 4.78 is 15.4. The third kappa shape index (κ3) is 3.34. The zero-order chi connectivity index (χ0) is 19.0. The summed E-state index contributed by atoms with van der Waals surface area (Å²) in [6, 6.07) is 6.44. The second-order valence-electron chi connectivity index (χ2n) is 6.89. The zero-order valence-electron chi connectivity index (χ0n) is 14.8. The predicted molar refractivity (Wildman–Crippen MR) is 94.9 cm³/mol. The predicted octanol–water partition coefficient (Wildman–Crippen LogP) is 0.995. The van der Waals surface area contributed by atoms with Crippen LogP contribution in [0.25, 0.3) is 0 Å². The molecule has 2 amide bonds. The molecule has 4 rings (SSSR count). The highest BCUT2D eigenvalue weighted by atomic mass is 19.1. The van der Waals surface area contributed by atoms with Crippen molar-refractivity contribution in [2.24, 2.45) is 5.92 Å². The average molecular weight is 369 g/mol. The quantitative estimate of drug-likeness (QED) is 0.754. The molecule has 27 heavy (non-hydrogen) atoms. The van der Waals surface area contributed by atoms with E-state index in [1.54, 1.807) is 15.9 Å². The van der Waals surface area contributed by atoms with Crippen LogP contribution in [-0.4, -0.2) is 56.0 Å². The van der Waals surface area contributed by atoms with E-state index in [0.29, 0.717) is 39.1 Å². The Labute approximate surface area is 156 Å². The van der Waals surface area contributed by atoms with Crippen molar-refractivity contribution in [2.45, 2.75) is 19.5 Å². The molecule has 0 unspecified atom stereocenters. The number of halogens is 1. The molecule has 0 bridgehead atoms. The number of aromatic nitrogens is 3. The van der Waals surface area contributed by atoms with Crippen molar-refractivity contribution < 1.29 is 14.0 Å². The lowest BCUT2D eigenvalue weighted by molar-refractivity contribution is -0.147. The number of likely N-dealkylation sites (tertiary alicyclic amines) is 1. The first-order valence-corrected chi connectivity index (χ1v) is 8.90. The van der Waals surface area contributed by atoms with E-state index in [1.165, 1.54) is 18.2 Å². The molecule has 2 aliphatic heterocycles. The van der Waals surface area contributed by atoms with Crippen LogP contribution >= 0.6 is 0 Å². The molecule has 0 spiro atoms. The number of carbonyl (C=O) groups excluding carboxylic acids is 2. The Kier molecular flexibility index (Phi) is 4.47. The standard InChI is InChI=1S/C19H20FN5O2/c1-2-18(26)24-10-14(11-24)19(27)23-6-7-25-16(21-22-17(25)12-23)9-13-4-3-5-15(20)8-13/h2-5,8,14H,1,6-7,9-12H2. The minimum absolute atomic E-state index is 0.0454. The molecule has 0 atom stereocenters. The summed E-state index contributed by atoms with van der Waals surface area (Å²) in [5, 5.41) is 8.45. The highest BCUT2D eigenvalue weighted by molar-refractivity contribution is 5.90. The Bertz CT molecular complexity index is 903. The van der Waals surface area contributed by atoms with Crippen LogP contribution in [0.3, 0.4) is 0 Å². The van der Waals surface area contributed by atoms with Gasteiger partial charge in [0.25, 0.3) is 0 Å². The summed E-state index contributed by atoms with van der Waals surface area (Å²) >= 11 is 0. The Balaban J connectivity index is 1.40. The Morgan fingerprint density at radius 1 is 1.22 bits per heavy atom. The Morgan fingerprint density at radius 2 is 2.04 bits per heavy atom. The minimum atomic E-state index is -0.271. The van der Waals surface area contributed by atoms with Gasteiger partial charge in [0.2, 0.25) is 11.8 Å². The van der Waals surface area contributed by atoms with E-state index < -0.39 is 0 Å². The largest absolute Gasteiger partial charge is 0.337 e. The molecule has 0 N–H and O–H groups in total. The van der Waals surface area contributed by atoms with Crippen LogP contribution < -0.4 is 0 Å². The van der Waals surface area contributed by atoms with Crippen molar-refractivity contribution in [3.8, 4) is 0 Å². The van der Waals surface area contributed by atoms with Gasteiger partial charge in [-0.25, -0.2) is 4.39 Å². The number of rotatable bonds is 4. The normalized spacial score (nSPS) is 16.6. The molecule has 1 aromatic carbocycles. The Morgan fingerprint density at radius 3 is 2.78 bits per heavy atom. The molecule has 140 valence electrons. The number of carbonyl (C=O) groups is 2. The number of fused-ring (bicyclic) bond motifs is 1. The van der Waals surface area contributed by atoms with E-state index in [-0.39, 0.29) is 23.5 Å². The lowest BCUT2D eigenvalue weighted by Gasteiger charge is -2.40. The molecule has 1 fully saturated rings. The van der Waals surface area contributed by atoms with Crippen molar-refractivity contribution in [2.75, 3.05) is 19.6 Å². The van der Waals surface area contributed by atoms with Gasteiger partial charge in [0.1, 0.15) is 11.6 Å². The smallest absolute Gasteiger partial charge is 0.246 e. The van der Waals surface area contributed by atoms with Gasteiger partial charge in [-0.2, -0.15) is 0 Å². The van der Waals surface area contributed by atoms with Gasteiger partial charge in [-0.05, 0) is 23.8 Å². The van der Waals surface area contributed by atoms with Crippen molar-refractivity contribution in [1.29, 1.82) is 0 Å². The molecular formula is C19H20FN5O2. The number of hydrogen-bond donors (Lipinski definition) is 0. The SMILES string of the molecule is C=CC(=O)N1CC(C(=O)N2CCn3c(Cc4cccc(F)c4)nnc3C2)C1. The fourth-order valence-corrected chi connectivity index (χ4v) is 3.57. The molecule has 8 heteroatoms. The third-order valence-electron chi connectivity index (χ3n) is 5.11. The minimum Gasteiger partial charge on any atom is -0.337 e. The van der Waals surface area contributed by atoms with Crippen LogP contribution in [0.15, 0.2) is 36.9 Å². The second-order valence-corrected chi connectivity index (χ2v) is 6.89. The van der Waals surface area contributed by atoms with E-state index in [2.05, 4.69) is 16.8 Å². The summed E-state index contributed by atoms with van der Waals surface area (Å²) in [5.41, 5.74) is 0.838. The summed E-state index contributed by atoms with van der Waals surface area (Å²) in [5.74, 6) is 0.985. The first-order valence-electron chi connectivity index (χ1n) is 8.90. The molecular weight excluding hydrogens is 349 g/mol. The maximum absolute atomic E-state index is 13.4. The average Bonchev–Trinajstić information content (AvgIpc) is 3.02. The molecule has 2 aliphatic rings. The van der Waals surface area contributed by atoms with Crippen molar-refractivity contribution in [1.82, 2.24) is 24.6 Å². The van der Waals surface area contributed by atoms with Gasteiger partial charge in [0.15, 0.2) is 5.82 Å². The zero-order valence-corrected chi connectivity index (χ0v) is 14.8. The molecule has 0 aliphatic carbocycles. The molecule has 0 saturated carbocycles. The summed E-state index contributed by atoms with van der Waals surface area (Å²) in [7, 11) is 0. The topological polar surface area (TPSA) is 71.3 Å². The van der Waals surface area contributed by atoms with Gasteiger partial charge in [0, 0.05) is 32.6 Å².